The highest BCUT2D eigenvalue weighted by atomic mass is 79.9. The van der Waals surface area contributed by atoms with Crippen molar-refractivity contribution in [2.24, 2.45) is 0 Å². The Bertz CT molecular complexity index is 1650. The number of rotatable bonds is 13. The smallest absolute Gasteiger partial charge is 0.302 e. The predicted octanol–water partition coefficient (Wildman–Crippen LogP) is 5.55. The lowest BCUT2D eigenvalue weighted by Gasteiger charge is -2.44. The first-order valence-corrected chi connectivity index (χ1v) is 17.4. The lowest BCUT2D eigenvalue weighted by molar-refractivity contribution is -0.140. The monoisotopic (exact) mass is 715 g/mol. The number of fused-ring (bicyclic) bond motifs is 2. The molecule has 252 valence electrons. The zero-order valence-corrected chi connectivity index (χ0v) is 29.0. The quantitative estimate of drug-likeness (QED) is 0.183. The summed E-state index contributed by atoms with van der Waals surface area (Å²) >= 11 is 3.43. The minimum Gasteiger partial charge on any atom is -0.490 e. The van der Waals surface area contributed by atoms with Crippen LogP contribution in [-0.2, 0) is 32.1 Å². The van der Waals surface area contributed by atoms with Crippen molar-refractivity contribution >= 4 is 39.3 Å². The van der Waals surface area contributed by atoms with E-state index >= 15 is 0 Å². The number of nitrogens with zero attached hydrogens (tertiary/aromatic N) is 2. The highest BCUT2D eigenvalue weighted by Crippen LogP contribution is 2.38. The third-order valence-electron chi connectivity index (χ3n) is 9.10. The van der Waals surface area contributed by atoms with Gasteiger partial charge in [0.05, 0.1) is 12.6 Å². The Morgan fingerprint density at radius 1 is 0.854 bits per heavy atom. The molecule has 2 amide bonds. The van der Waals surface area contributed by atoms with Gasteiger partial charge in [-0.3, -0.25) is 14.4 Å². The molecule has 2 aliphatic heterocycles. The number of hydrogen-bond acceptors (Lipinski definition) is 7. The Balaban J connectivity index is 1.23. The number of amides is 2. The summed E-state index contributed by atoms with van der Waals surface area (Å²) in [6.45, 7) is 5.65. The molecule has 3 aliphatic rings. The molecular formula is C38H42BrN3O6. The van der Waals surface area contributed by atoms with Crippen LogP contribution in [0.1, 0.15) is 49.8 Å². The average molecular weight is 717 g/mol. The standard InChI is InChI=1S/C38H42BrN3O6/c1-25(43)41-23-31-21-35(28-7-13-33(14-8-28)47-19-20-48-34-15-9-30(39)10-16-34)37(36(24-41)40-31)38(45)42(32-11-12-32)22-29-6-4-3-5-27(29)17-18-46-26(2)44/h3-10,13-16,31-32,36,40H,11-12,17-24H2,1-2H3/t31?,36-/m1/s1. The topological polar surface area (TPSA) is 97.4 Å². The van der Waals surface area contributed by atoms with E-state index < -0.39 is 0 Å². The van der Waals surface area contributed by atoms with Gasteiger partial charge in [-0.05, 0) is 77.9 Å². The summed E-state index contributed by atoms with van der Waals surface area (Å²) in [7, 11) is 0. The zero-order chi connectivity index (χ0) is 33.6. The molecule has 1 N–H and O–H groups in total. The van der Waals surface area contributed by atoms with Crippen LogP contribution in [0.15, 0.2) is 82.8 Å². The van der Waals surface area contributed by atoms with Gasteiger partial charge >= 0.3 is 5.97 Å². The molecule has 1 saturated heterocycles. The molecule has 6 rings (SSSR count). The van der Waals surface area contributed by atoms with Crippen LogP contribution in [0.2, 0.25) is 0 Å². The van der Waals surface area contributed by atoms with Crippen molar-refractivity contribution in [3.63, 3.8) is 0 Å². The molecule has 3 aromatic rings. The number of piperazine rings is 1. The van der Waals surface area contributed by atoms with E-state index in [2.05, 4.69) is 27.3 Å². The molecule has 1 unspecified atom stereocenters. The third kappa shape index (κ3) is 8.46. The Kier molecular flexibility index (Phi) is 10.8. The van der Waals surface area contributed by atoms with Crippen LogP contribution < -0.4 is 14.8 Å². The lowest BCUT2D eigenvalue weighted by Crippen LogP contribution is -2.61. The van der Waals surface area contributed by atoms with Gasteiger partial charge in [0.2, 0.25) is 5.91 Å². The number of carbonyl (C=O) groups excluding carboxylic acids is 3. The maximum absolute atomic E-state index is 14.8. The van der Waals surface area contributed by atoms with Crippen molar-refractivity contribution in [2.75, 3.05) is 32.9 Å². The number of hydrogen-bond donors (Lipinski definition) is 1. The van der Waals surface area contributed by atoms with Crippen molar-refractivity contribution < 1.29 is 28.6 Å². The van der Waals surface area contributed by atoms with Gasteiger partial charge in [0.25, 0.3) is 5.91 Å². The molecule has 0 spiro atoms. The second-order valence-corrected chi connectivity index (χ2v) is 13.6. The Morgan fingerprint density at radius 2 is 1.50 bits per heavy atom. The summed E-state index contributed by atoms with van der Waals surface area (Å²) in [5.41, 5.74) is 4.86. The van der Waals surface area contributed by atoms with E-state index in [9.17, 15) is 14.4 Å². The summed E-state index contributed by atoms with van der Waals surface area (Å²) in [6.07, 6.45) is 3.14. The molecular weight excluding hydrogens is 674 g/mol. The summed E-state index contributed by atoms with van der Waals surface area (Å²) in [5.74, 6) is 1.24. The number of halogens is 1. The second-order valence-electron chi connectivity index (χ2n) is 12.6. The van der Waals surface area contributed by atoms with Gasteiger partial charge < -0.3 is 29.3 Å². The van der Waals surface area contributed by atoms with Gasteiger partial charge in [0.15, 0.2) is 0 Å². The summed E-state index contributed by atoms with van der Waals surface area (Å²) in [6, 6.07) is 23.6. The second kappa shape index (κ2) is 15.4. The van der Waals surface area contributed by atoms with E-state index in [1.165, 1.54) is 6.92 Å². The van der Waals surface area contributed by atoms with Crippen molar-refractivity contribution in [3.05, 3.63) is 99.5 Å². The van der Waals surface area contributed by atoms with Gasteiger partial charge in [-0.1, -0.05) is 52.3 Å². The molecule has 1 aliphatic carbocycles. The Morgan fingerprint density at radius 3 is 2.12 bits per heavy atom. The summed E-state index contributed by atoms with van der Waals surface area (Å²) in [5, 5.41) is 3.67. The van der Waals surface area contributed by atoms with Crippen molar-refractivity contribution in [1.29, 1.82) is 0 Å². The van der Waals surface area contributed by atoms with E-state index in [0.29, 0.717) is 52.3 Å². The van der Waals surface area contributed by atoms with Gasteiger partial charge in [-0.25, -0.2) is 0 Å². The minimum atomic E-state index is -0.303. The van der Waals surface area contributed by atoms with Crippen molar-refractivity contribution in [1.82, 2.24) is 15.1 Å². The molecule has 48 heavy (non-hydrogen) atoms. The van der Waals surface area contributed by atoms with Crippen LogP contribution in [0, 0.1) is 0 Å². The zero-order valence-electron chi connectivity index (χ0n) is 27.5. The van der Waals surface area contributed by atoms with E-state index in [1.54, 1.807) is 6.92 Å². The van der Waals surface area contributed by atoms with Crippen LogP contribution in [-0.4, -0.2) is 78.6 Å². The number of ether oxygens (including phenoxy) is 3. The lowest BCUT2D eigenvalue weighted by atomic mass is 9.82. The van der Waals surface area contributed by atoms with Gasteiger partial charge in [-0.2, -0.15) is 0 Å². The maximum atomic E-state index is 14.8. The maximum Gasteiger partial charge on any atom is 0.302 e. The fourth-order valence-corrected chi connectivity index (χ4v) is 6.84. The number of esters is 1. The fraction of sp³-hybridized carbons (Fsp3) is 0.395. The van der Waals surface area contributed by atoms with Crippen LogP contribution in [0.25, 0.3) is 5.57 Å². The number of nitrogens with one attached hydrogen (secondary N) is 1. The fourth-order valence-electron chi connectivity index (χ4n) is 6.58. The Hall–Kier alpha value is -4.15. The number of benzene rings is 3. The average Bonchev–Trinajstić information content (AvgIpc) is 3.92. The molecule has 0 aromatic heterocycles. The van der Waals surface area contributed by atoms with E-state index in [1.807, 2.05) is 76.5 Å². The minimum absolute atomic E-state index is 0.00839. The molecule has 0 radical (unpaired) electrons. The van der Waals surface area contributed by atoms with Gasteiger partial charge in [0.1, 0.15) is 24.7 Å². The highest BCUT2D eigenvalue weighted by molar-refractivity contribution is 9.10. The molecule has 9 nitrogen and oxygen atoms in total. The van der Waals surface area contributed by atoms with E-state index in [-0.39, 0.29) is 35.9 Å². The van der Waals surface area contributed by atoms with Gasteiger partial charge in [-0.15, -0.1) is 0 Å². The van der Waals surface area contributed by atoms with Crippen LogP contribution in [0.3, 0.4) is 0 Å². The molecule has 3 aromatic carbocycles. The first-order chi connectivity index (χ1) is 23.2. The molecule has 2 fully saturated rings. The number of carbonyl (C=O) groups is 3. The van der Waals surface area contributed by atoms with E-state index in [4.69, 9.17) is 14.2 Å². The Labute approximate surface area is 290 Å². The van der Waals surface area contributed by atoms with Crippen LogP contribution >= 0.6 is 15.9 Å². The third-order valence-corrected chi connectivity index (χ3v) is 9.63. The summed E-state index contributed by atoms with van der Waals surface area (Å²) < 4.78 is 18.0. The molecule has 1 saturated carbocycles. The van der Waals surface area contributed by atoms with E-state index in [0.717, 1.165) is 56.6 Å². The SMILES string of the molecule is CC(=O)OCCc1ccccc1CN(C(=O)C1=C(c2ccc(OCCOc3ccc(Br)cc3)cc2)CC2CN(C(C)=O)C[C@H]1N2)C1CC1. The molecule has 2 heterocycles. The largest absolute Gasteiger partial charge is 0.490 e. The first kappa shape index (κ1) is 33.7. The van der Waals surface area contributed by atoms with Gasteiger partial charge in [0, 0.05) is 62.0 Å². The molecule has 2 bridgehead atoms. The molecule has 10 heteroatoms. The van der Waals surface area contributed by atoms with Crippen LogP contribution in [0.4, 0.5) is 0 Å². The van der Waals surface area contributed by atoms with Crippen LogP contribution in [0.5, 0.6) is 11.5 Å². The molecule has 2 atom stereocenters. The van der Waals surface area contributed by atoms with Crippen molar-refractivity contribution in [2.45, 2.75) is 64.2 Å². The predicted molar refractivity (Wildman–Crippen MR) is 186 cm³/mol. The first-order valence-electron chi connectivity index (χ1n) is 16.6. The highest BCUT2D eigenvalue weighted by Gasteiger charge is 2.43. The normalized spacial score (nSPS) is 18.7. The van der Waals surface area contributed by atoms with Crippen molar-refractivity contribution in [3.8, 4) is 11.5 Å². The summed E-state index contributed by atoms with van der Waals surface area (Å²) in [4.78, 5) is 42.5.